The molecule has 0 spiro atoms. The third kappa shape index (κ3) is 4.70. The number of nitro benzene ring substituents is 1. The lowest BCUT2D eigenvalue weighted by Crippen LogP contribution is -2.15. The van der Waals surface area contributed by atoms with Gasteiger partial charge in [-0.1, -0.05) is 11.6 Å². The number of aromatic nitrogens is 1. The van der Waals surface area contributed by atoms with Gasteiger partial charge in [0.2, 0.25) is 0 Å². The van der Waals surface area contributed by atoms with Gasteiger partial charge in [0.15, 0.2) is 17.1 Å². The Kier molecular flexibility index (Phi) is 6.31. The highest BCUT2D eigenvalue weighted by Crippen LogP contribution is 2.38. The smallest absolute Gasteiger partial charge is 0.419 e. The fourth-order valence-corrected chi connectivity index (χ4v) is 3.65. The summed E-state index contributed by atoms with van der Waals surface area (Å²) in [5, 5.41) is 11.2. The maximum absolute atomic E-state index is 12.1. The second kappa shape index (κ2) is 9.31. The number of carbonyl (C=O) groups excluding carboxylic acids is 1. The number of benzene rings is 2. The molecule has 11 heteroatoms. The van der Waals surface area contributed by atoms with Gasteiger partial charge in [-0.2, -0.15) is 0 Å². The summed E-state index contributed by atoms with van der Waals surface area (Å²) in [5.41, 5.74) is 1.05. The number of hydrogen-bond acceptors (Lipinski definition) is 8. The standard InChI is InChI=1S/C21H19ClN2O8/c22-15-9-13(10-18-20(15)30-8-2-7-29-18)12-31-19(25)3-1-6-23-16-5-4-14(24(27)28)11-17(16)32-21(23)26/h4-5,9-11H,1-3,6-8,12H2. The minimum Gasteiger partial charge on any atom is -0.489 e. The number of nitro groups is 1. The zero-order valence-electron chi connectivity index (χ0n) is 16.9. The van der Waals surface area contributed by atoms with Crippen molar-refractivity contribution in [2.24, 2.45) is 0 Å². The quantitative estimate of drug-likeness (QED) is 0.295. The van der Waals surface area contributed by atoms with Crippen LogP contribution >= 0.6 is 11.6 Å². The molecule has 0 bridgehead atoms. The van der Waals surface area contributed by atoms with E-state index in [2.05, 4.69) is 0 Å². The molecule has 2 heterocycles. The molecule has 0 unspecified atom stereocenters. The molecule has 0 aliphatic carbocycles. The Balaban J connectivity index is 1.33. The van der Waals surface area contributed by atoms with Gasteiger partial charge in [-0.3, -0.25) is 19.5 Å². The topological polar surface area (TPSA) is 123 Å². The van der Waals surface area contributed by atoms with Crippen LogP contribution in [0.4, 0.5) is 5.69 Å². The fraction of sp³-hybridized carbons (Fsp3) is 0.333. The lowest BCUT2D eigenvalue weighted by atomic mass is 10.2. The number of carbonyl (C=O) groups is 1. The average Bonchev–Trinajstić information content (AvgIpc) is 2.91. The summed E-state index contributed by atoms with van der Waals surface area (Å²) in [6, 6.07) is 7.34. The summed E-state index contributed by atoms with van der Waals surface area (Å²) in [5.74, 6) is -0.0738. The van der Waals surface area contributed by atoms with E-state index < -0.39 is 16.6 Å². The number of rotatable bonds is 7. The highest BCUT2D eigenvalue weighted by Gasteiger charge is 2.17. The highest BCUT2D eigenvalue weighted by atomic mass is 35.5. The Bertz CT molecular complexity index is 1230. The van der Waals surface area contributed by atoms with Crippen molar-refractivity contribution < 1.29 is 28.3 Å². The van der Waals surface area contributed by atoms with Crippen molar-refractivity contribution in [2.45, 2.75) is 32.4 Å². The first-order valence-corrected chi connectivity index (χ1v) is 10.3. The van der Waals surface area contributed by atoms with Crippen molar-refractivity contribution in [1.82, 2.24) is 4.57 Å². The summed E-state index contributed by atoms with van der Waals surface area (Å²) >= 11 is 6.24. The SMILES string of the molecule is O=C(CCCn1c(=O)oc2cc([N+](=O)[O-])ccc21)OCc1cc(Cl)c2c(c1)OCCCO2. The Morgan fingerprint density at radius 2 is 2.03 bits per heavy atom. The van der Waals surface area contributed by atoms with Crippen LogP contribution in [0.1, 0.15) is 24.8 Å². The molecule has 0 fully saturated rings. The van der Waals surface area contributed by atoms with Gasteiger partial charge < -0.3 is 18.6 Å². The van der Waals surface area contributed by atoms with E-state index in [1.807, 2.05) is 0 Å². The summed E-state index contributed by atoms with van der Waals surface area (Å²) in [6.07, 6.45) is 1.15. The molecule has 1 aliphatic heterocycles. The van der Waals surface area contributed by atoms with Crippen LogP contribution < -0.4 is 15.2 Å². The first-order chi connectivity index (χ1) is 15.4. The van der Waals surface area contributed by atoms with Gasteiger partial charge in [-0.25, -0.2) is 4.79 Å². The first-order valence-electron chi connectivity index (χ1n) is 9.94. The van der Waals surface area contributed by atoms with E-state index in [-0.39, 0.29) is 30.8 Å². The van der Waals surface area contributed by atoms with Crippen molar-refractivity contribution in [3.63, 3.8) is 0 Å². The van der Waals surface area contributed by atoms with E-state index in [1.54, 1.807) is 12.1 Å². The van der Waals surface area contributed by atoms with E-state index in [1.165, 1.54) is 22.8 Å². The first kappa shape index (κ1) is 21.7. The average molecular weight is 463 g/mol. The largest absolute Gasteiger partial charge is 0.489 e. The van der Waals surface area contributed by atoms with E-state index in [0.717, 1.165) is 6.42 Å². The Morgan fingerprint density at radius 3 is 2.84 bits per heavy atom. The molecule has 1 aliphatic rings. The molecule has 10 nitrogen and oxygen atoms in total. The molecular weight excluding hydrogens is 444 g/mol. The van der Waals surface area contributed by atoms with Crippen molar-refractivity contribution >= 4 is 34.4 Å². The van der Waals surface area contributed by atoms with Crippen LogP contribution in [0, 0.1) is 10.1 Å². The van der Waals surface area contributed by atoms with Gasteiger partial charge in [-0.05, 0) is 30.2 Å². The number of oxazole rings is 1. The number of ether oxygens (including phenoxy) is 3. The molecular formula is C21H19ClN2O8. The number of halogens is 1. The van der Waals surface area contributed by atoms with Gasteiger partial charge in [0.1, 0.15) is 6.61 Å². The monoisotopic (exact) mass is 462 g/mol. The number of aryl methyl sites for hydroxylation is 1. The molecule has 168 valence electrons. The van der Waals surface area contributed by atoms with Crippen molar-refractivity contribution in [2.75, 3.05) is 13.2 Å². The molecule has 4 rings (SSSR count). The van der Waals surface area contributed by atoms with Gasteiger partial charge in [0, 0.05) is 25.5 Å². The summed E-state index contributed by atoms with van der Waals surface area (Å²) in [6.45, 7) is 1.26. The van der Waals surface area contributed by atoms with Gasteiger partial charge in [-0.15, -0.1) is 0 Å². The Hall–Kier alpha value is -3.53. The molecule has 0 saturated carbocycles. The maximum Gasteiger partial charge on any atom is 0.419 e. The number of hydrogen-bond donors (Lipinski definition) is 0. The van der Waals surface area contributed by atoms with Crippen LogP contribution in [0.25, 0.3) is 11.1 Å². The van der Waals surface area contributed by atoms with Gasteiger partial charge in [0.25, 0.3) is 5.69 Å². The van der Waals surface area contributed by atoms with Crippen LogP contribution in [-0.2, 0) is 22.7 Å². The molecule has 0 radical (unpaired) electrons. The number of nitrogens with zero attached hydrogens (tertiary/aromatic N) is 2. The zero-order chi connectivity index (χ0) is 22.7. The van der Waals surface area contributed by atoms with E-state index in [9.17, 15) is 19.7 Å². The Labute approximate surface area is 186 Å². The minimum atomic E-state index is -0.643. The van der Waals surface area contributed by atoms with Crippen LogP contribution in [0.3, 0.4) is 0 Å². The molecule has 1 aromatic heterocycles. The summed E-state index contributed by atoms with van der Waals surface area (Å²) in [7, 11) is 0. The Morgan fingerprint density at radius 1 is 1.22 bits per heavy atom. The molecule has 3 aromatic rings. The van der Waals surface area contributed by atoms with Crippen LogP contribution in [0.2, 0.25) is 5.02 Å². The lowest BCUT2D eigenvalue weighted by molar-refractivity contribution is -0.384. The number of non-ortho nitro benzene ring substituents is 1. The van der Waals surface area contributed by atoms with Gasteiger partial charge in [0.05, 0.1) is 34.7 Å². The minimum absolute atomic E-state index is 0.0213. The third-order valence-electron chi connectivity index (χ3n) is 4.89. The molecule has 0 amide bonds. The van der Waals surface area contributed by atoms with Crippen LogP contribution in [0.15, 0.2) is 39.5 Å². The van der Waals surface area contributed by atoms with E-state index in [4.69, 9.17) is 30.2 Å². The van der Waals surface area contributed by atoms with E-state index in [0.29, 0.717) is 47.2 Å². The molecule has 0 saturated heterocycles. The number of fused-ring (bicyclic) bond motifs is 2. The normalized spacial score (nSPS) is 13.0. The van der Waals surface area contributed by atoms with Crippen molar-refractivity contribution in [3.8, 4) is 11.5 Å². The van der Waals surface area contributed by atoms with Crippen LogP contribution in [0.5, 0.6) is 11.5 Å². The molecule has 0 N–H and O–H groups in total. The lowest BCUT2D eigenvalue weighted by Gasteiger charge is -2.12. The van der Waals surface area contributed by atoms with E-state index >= 15 is 0 Å². The predicted octanol–water partition coefficient (Wildman–Crippen LogP) is 3.84. The second-order valence-electron chi connectivity index (χ2n) is 7.15. The summed E-state index contributed by atoms with van der Waals surface area (Å²) < 4.78 is 22.9. The van der Waals surface area contributed by atoms with Crippen molar-refractivity contribution in [1.29, 1.82) is 0 Å². The maximum atomic E-state index is 12.1. The molecule has 2 aromatic carbocycles. The van der Waals surface area contributed by atoms with Gasteiger partial charge >= 0.3 is 11.7 Å². The molecule has 0 atom stereocenters. The zero-order valence-corrected chi connectivity index (χ0v) is 17.6. The second-order valence-corrected chi connectivity index (χ2v) is 7.56. The van der Waals surface area contributed by atoms with Crippen molar-refractivity contribution in [3.05, 3.63) is 61.6 Å². The number of esters is 1. The summed E-state index contributed by atoms with van der Waals surface area (Å²) in [4.78, 5) is 34.5. The van der Waals surface area contributed by atoms with Crippen LogP contribution in [-0.4, -0.2) is 28.7 Å². The third-order valence-corrected chi connectivity index (χ3v) is 5.17. The predicted molar refractivity (Wildman–Crippen MR) is 113 cm³/mol. The molecule has 32 heavy (non-hydrogen) atoms. The fourth-order valence-electron chi connectivity index (χ4n) is 3.37. The highest BCUT2D eigenvalue weighted by molar-refractivity contribution is 6.32.